The first-order valence-electron chi connectivity index (χ1n) is 8.58. The van der Waals surface area contributed by atoms with Gasteiger partial charge in [-0.2, -0.15) is 0 Å². The molecule has 0 radical (unpaired) electrons. The molecule has 4 rings (SSSR count). The number of hydrogen-bond donors (Lipinski definition) is 1. The summed E-state index contributed by atoms with van der Waals surface area (Å²) >= 11 is 1.51. The molecule has 2 aromatic carbocycles. The third kappa shape index (κ3) is 3.61. The van der Waals surface area contributed by atoms with Gasteiger partial charge in [-0.1, -0.05) is 29.8 Å². The van der Waals surface area contributed by atoms with E-state index in [1.54, 1.807) is 13.0 Å². The van der Waals surface area contributed by atoms with Crippen LogP contribution in [0.4, 0.5) is 10.1 Å². The highest BCUT2D eigenvalue weighted by atomic mass is 32.1. The second-order valence-electron chi connectivity index (χ2n) is 6.56. The van der Waals surface area contributed by atoms with Crippen molar-refractivity contribution in [2.24, 2.45) is 0 Å². The number of amides is 1. The molecule has 0 atom stereocenters. The molecule has 0 aliphatic carbocycles. The van der Waals surface area contributed by atoms with Crippen LogP contribution in [0.3, 0.4) is 0 Å². The second-order valence-corrected chi connectivity index (χ2v) is 7.39. The van der Waals surface area contributed by atoms with Gasteiger partial charge in [-0.25, -0.2) is 9.37 Å². The van der Waals surface area contributed by atoms with Crippen LogP contribution in [0.15, 0.2) is 54.0 Å². The Labute approximate surface area is 160 Å². The van der Waals surface area contributed by atoms with Gasteiger partial charge in [0.05, 0.1) is 12.1 Å². The maximum Gasteiger partial charge on any atom is 0.230 e. The Morgan fingerprint density at radius 3 is 2.70 bits per heavy atom. The third-order valence-electron chi connectivity index (χ3n) is 4.43. The molecule has 1 amide bonds. The van der Waals surface area contributed by atoms with E-state index in [2.05, 4.69) is 29.4 Å². The molecular formula is C21H18FN3OS. The van der Waals surface area contributed by atoms with Gasteiger partial charge in [0.15, 0.2) is 4.96 Å². The summed E-state index contributed by atoms with van der Waals surface area (Å²) in [5, 5.41) is 4.79. The van der Waals surface area contributed by atoms with Crippen molar-refractivity contribution < 1.29 is 9.18 Å². The molecule has 136 valence electrons. The first-order chi connectivity index (χ1) is 13.0. The molecule has 0 saturated carbocycles. The van der Waals surface area contributed by atoms with Crippen molar-refractivity contribution in [1.82, 2.24) is 9.38 Å². The Balaban J connectivity index is 1.55. The number of halogens is 1. The SMILES string of the molecule is Cc1ccc(-c2cn3c(CC(=O)Nc4ccc(F)cc4C)csc3n2)cc1. The van der Waals surface area contributed by atoms with Crippen molar-refractivity contribution in [2.45, 2.75) is 20.3 Å². The Bertz CT molecular complexity index is 1130. The molecule has 0 unspecified atom stereocenters. The smallest absolute Gasteiger partial charge is 0.230 e. The third-order valence-corrected chi connectivity index (χ3v) is 5.32. The van der Waals surface area contributed by atoms with Gasteiger partial charge < -0.3 is 5.32 Å². The van der Waals surface area contributed by atoms with E-state index < -0.39 is 0 Å². The van der Waals surface area contributed by atoms with Gasteiger partial charge in [0.25, 0.3) is 0 Å². The van der Waals surface area contributed by atoms with Crippen LogP contribution in [0.5, 0.6) is 0 Å². The van der Waals surface area contributed by atoms with Crippen molar-refractivity contribution in [3.8, 4) is 11.3 Å². The van der Waals surface area contributed by atoms with Crippen LogP contribution < -0.4 is 5.32 Å². The minimum Gasteiger partial charge on any atom is -0.326 e. The molecule has 2 aromatic heterocycles. The van der Waals surface area contributed by atoms with Gasteiger partial charge in [0.2, 0.25) is 5.91 Å². The predicted molar refractivity (Wildman–Crippen MR) is 107 cm³/mol. The van der Waals surface area contributed by atoms with Gasteiger partial charge >= 0.3 is 0 Å². The predicted octanol–water partition coefficient (Wildman–Crippen LogP) is 5.00. The van der Waals surface area contributed by atoms with Crippen molar-refractivity contribution in [3.63, 3.8) is 0 Å². The fraction of sp³-hybridized carbons (Fsp3) is 0.143. The number of nitrogens with zero attached hydrogens (tertiary/aromatic N) is 2. The number of rotatable bonds is 4. The molecule has 0 saturated heterocycles. The first kappa shape index (κ1) is 17.4. The summed E-state index contributed by atoms with van der Waals surface area (Å²) in [6.07, 6.45) is 2.18. The van der Waals surface area contributed by atoms with Crippen LogP contribution in [0.2, 0.25) is 0 Å². The van der Waals surface area contributed by atoms with E-state index in [9.17, 15) is 9.18 Å². The number of nitrogens with one attached hydrogen (secondary N) is 1. The van der Waals surface area contributed by atoms with Crippen molar-refractivity contribution in [2.75, 3.05) is 5.32 Å². The monoisotopic (exact) mass is 379 g/mol. The standard InChI is InChI=1S/C21H18FN3OS/c1-13-3-5-15(6-4-13)19-11-25-17(12-27-21(25)24-19)10-20(26)23-18-8-7-16(22)9-14(18)2/h3-9,11-12H,10H2,1-2H3,(H,23,26). The van der Waals surface area contributed by atoms with Gasteiger partial charge in [-0.3, -0.25) is 9.20 Å². The largest absolute Gasteiger partial charge is 0.326 e. The molecule has 2 heterocycles. The lowest BCUT2D eigenvalue weighted by molar-refractivity contribution is -0.115. The molecule has 0 aliphatic rings. The van der Waals surface area contributed by atoms with Crippen LogP contribution in [0.1, 0.15) is 16.8 Å². The highest BCUT2D eigenvalue weighted by Gasteiger charge is 2.13. The molecular weight excluding hydrogens is 361 g/mol. The number of carbonyl (C=O) groups is 1. The summed E-state index contributed by atoms with van der Waals surface area (Å²) in [4.78, 5) is 18.0. The number of hydrogen-bond acceptors (Lipinski definition) is 3. The highest BCUT2D eigenvalue weighted by Crippen LogP contribution is 2.24. The molecule has 1 N–H and O–H groups in total. The molecule has 0 fully saturated rings. The van der Waals surface area contributed by atoms with E-state index in [1.165, 1.54) is 29.0 Å². The van der Waals surface area contributed by atoms with Crippen molar-refractivity contribution >= 4 is 27.9 Å². The van der Waals surface area contributed by atoms with Crippen LogP contribution in [-0.2, 0) is 11.2 Å². The van der Waals surface area contributed by atoms with Gasteiger partial charge in [-0.15, -0.1) is 11.3 Å². The molecule has 27 heavy (non-hydrogen) atoms. The zero-order valence-electron chi connectivity index (χ0n) is 15.0. The maximum absolute atomic E-state index is 13.2. The van der Waals surface area contributed by atoms with Gasteiger partial charge in [0, 0.05) is 28.5 Å². The zero-order valence-corrected chi connectivity index (χ0v) is 15.8. The highest BCUT2D eigenvalue weighted by molar-refractivity contribution is 7.15. The van der Waals surface area contributed by atoms with Crippen molar-refractivity contribution in [3.05, 3.63) is 76.7 Å². The van der Waals surface area contributed by atoms with E-state index in [4.69, 9.17) is 0 Å². The number of anilines is 1. The number of thiazole rings is 1. The van der Waals surface area contributed by atoms with Crippen LogP contribution in [0, 0.1) is 19.7 Å². The number of imidazole rings is 1. The Hall–Kier alpha value is -2.99. The van der Waals surface area contributed by atoms with Crippen molar-refractivity contribution in [1.29, 1.82) is 0 Å². The summed E-state index contributed by atoms with van der Waals surface area (Å²) in [5.74, 6) is -0.456. The summed E-state index contributed by atoms with van der Waals surface area (Å²) in [6, 6.07) is 12.5. The summed E-state index contributed by atoms with van der Waals surface area (Å²) in [7, 11) is 0. The molecule has 0 spiro atoms. The Kier molecular flexibility index (Phi) is 4.49. The summed E-state index contributed by atoms with van der Waals surface area (Å²) in [5.41, 5.74) is 5.33. The molecule has 0 bridgehead atoms. The van der Waals surface area contributed by atoms with Crippen LogP contribution in [0.25, 0.3) is 16.2 Å². The number of aryl methyl sites for hydroxylation is 2. The average molecular weight is 379 g/mol. The minimum atomic E-state index is -0.313. The molecule has 0 aliphatic heterocycles. The lowest BCUT2D eigenvalue weighted by Crippen LogP contribution is -2.16. The zero-order chi connectivity index (χ0) is 19.0. The normalized spacial score (nSPS) is 11.1. The number of aromatic nitrogens is 2. The van der Waals surface area contributed by atoms with E-state index >= 15 is 0 Å². The van der Waals surface area contributed by atoms with E-state index in [0.29, 0.717) is 11.3 Å². The number of fused-ring (bicyclic) bond motifs is 1. The maximum atomic E-state index is 13.2. The lowest BCUT2D eigenvalue weighted by Gasteiger charge is -2.08. The fourth-order valence-electron chi connectivity index (χ4n) is 2.95. The summed E-state index contributed by atoms with van der Waals surface area (Å²) in [6.45, 7) is 3.82. The second kappa shape index (κ2) is 6.96. The topological polar surface area (TPSA) is 46.4 Å². The van der Waals surface area contributed by atoms with E-state index in [1.807, 2.05) is 28.1 Å². The quantitative estimate of drug-likeness (QED) is 0.542. The summed E-state index contributed by atoms with van der Waals surface area (Å²) < 4.78 is 15.2. The number of carbonyl (C=O) groups excluding carboxylic acids is 1. The van der Waals surface area contributed by atoms with E-state index in [-0.39, 0.29) is 18.1 Å². The average Bonchev–Trinajstić information content (AvgIpc) is 3.20. The first-order valence-corrected chi connectivity index (χ1v) is 9.46. The Morgan fingerprint density at radius 1 is 1.19 bits per heavy atom. The minimum absolute atomic E-state index is 0.144. The molecule has 6 heteroatoms. The number of benzene rings is 2. The molecule has 4 aromatic rings. The lowest BCUT2D eigenvalue weighted by atomic mass is 10.1. The molecule has 4 nitrogen and oxygen atoms in total. The van der Waals surface area contributed by atoms with Crippen LogP contribution >= 0.6 is 11.3 Å². The van der Waals surface area contributed by atoms with E-state index in [0.717, 1.165) is 21.9 Å². The van der Waals surface area contributed by atoms with Crippen LogP contribution in [-0.4, -0.2) is 15.3 Å². The van der Waals surface area contributed by atoms with Gasteiger partial charge in [-0.05, 0) is 37.6 Å². The van der Waals surface area contributed by atoms with Gasteiger partial charge in [0.1, 0.15) is 5.82 Å². The fourth-order valence-corrected chi connectivity index (χ4v) is 3.82. The Morgan fingerprint density at radius 2 is 1.96 bits per heavy atom.